The molecule has 2 unspecified atom stereocenters. The molecule has 0 bridgehead atoms. The van der Waals surface area contributed by atoms with Gasteiger partial charge in [-0.15, -0.1) is 0 Å². The summed E-state index contributed by atoms with van der Waals surface area (Å²) in [5.74, 6) is 1.26. The van der Waals surface area contributed by atoms with Gasteiger partial charge in [0.2, 0.25) is 0 Å². The number of rotatable bonds is 6. The lowest BCUT2D eigenvalue weighted by Crippen LogP contribution is -2.31. The fourth-order valence-corrected chi connectivity index (χ4v) is 2.52. The van der Waals surface area contributed by atoms with Gasteiger partial charge in [0.1, 0.15) is 11.5 Å². The van der Waals surface area contributed by atoms with Crippen molar-refractivity contribution >= 4 is 5.97 Å². The Hall–Kier alpha value is -1.59. The zero-order valence-corrected chi connectivity index (χ0v) is 12.6. The van der Waals surface area contributed by atoms with Gasteiger partial charge in [-0.1, -0.05) is 0 Å². The summed E-state index contributed by atoms with van der Waals surface area (Å²) in [6.07, 6.45) is 0.603. The maximum Gasteiger partial charge on any atom is 0.325 e. The molecule has 0 radical (unpaired) electrons. The minimum Gasteiger partial charge on any atom is -0.494 e. The van der Waals surface area contributed by atoms with Crippen molar-refractivity contribution in [2.45, 2.75) is 26.4 Å². The van der Waals surface area contributed by atoms with Crippen molar-refractivity contribution < 1.29 is 19.4 Å². The number of carbonyl (C=O) groups is 1. The lowest BCUT2D eigenvalue weighted by Gasteiger charge is -2.16. The first-order chi connectivity index (χ1) is 10.1. The normalized spacial score (nSPS) is 20.2. The number of likely N-dealkylation sites (tertiary alicyclic amines) is 1. The Morgan fingerprint density at radius 3 is 2.62 bits per heavy atom. The fourth-order valence-electron chi connectivity index (χ4n) is 2.52. The minimum atomic E-state index is -0.322. The highest BCUT2D eigenvalue weighted by atomic mass is 16.5. The first kappa shape index (κ1) is 15.8. The molecule has 0 aromatic heterocycles. The average molecular weight is 293 g/mol. The Kier molecular flexibility index (Phi) is 5.59. The van der Waals surface area contributed by atoms with Gasteiger partial charge in [-0.3, -0.25) is 9.69 Å². The second kappa shape index (κ2) is 7.43. The predicted octanol–water partition coefficient (Wildman–Crippen LogP) is 1.69. The predicted molar refractivity (Wildman–Crippen MR) is 79.5 cm³/mol. The number of nitrogens with zero attached hydrogens (tertiary/aromatic N) is 1. The maximum atomic E-state index is 11.9. The van der Waals surface area contributed by atoms with Crippen LogP contribution in [-0.2, 0) is 4.79 Å². The van der Waals surface area contributed by atoms with Gasteiger partial charge in [0.05, 0.1) is 19.3 Å². The van der Waals surface area contributed by atoms with Crippen LogP contribution in [0.3, 0.4) is 0 Å². The molecule has 1 fully saturated rings. The summed E-state index contributed by atoms with van der Waals surface area (Å²) >= 11 is 0. The van der Waals surface area contributed by atoms with Gasteiger partial charge >= 0.3 is 5.97 Å². The number of benzene rings is 1. The number of carbonyl (C=O) groups excluding carboxylic acids is 1. The number of ether oxygens (including phenoxy) is 2. The topological polar surface area (TPSA) is 59.0 Å². The van der Waals surface area contributed by atoms with E-state index in [4.69, 9.17) is 9.47 Å². The molecule has 116 valence electrons. The molecule has 1 N–H and O–H groups in total. The number of hydrogen-bond acceptors (Lipinski definition) is 5. The molecule has 1 aliphatic rings. The van der Waals surface area contributed by atoms with Gasteiger partial charge in [-0.2, -0.15) is 0 Å². The molecule has 5 heteroatoms. The molecule has 21 heavy (non-hydrogen) atoms. The van der Waals surface area contributed by atoms with E-state index in [9.17, 15) is 9.90 Å². The molecule has 1 aromatic carbocycles. The van der Waals surface area contributed by atoms with E-state index in [-0.39, 0.29) is 24.5 Å². The average Bonchev–Trinajstić information content (AvgIpc) is 2.90. The summed E-state index contributed by atoms with van der Waals surface area (Å²) < 4.78 is 10.6. The second-order valence-corrected chi connectivity index (χ2v) is 5.40. The van der Waals surface area contributed by atoms with Gasteiger partial charge < -0.3 is 14.6 Å². The zero-order valence-electron chi connectivity index (χ0n) is 12.6. The fraction of sp³-hybridized carbons (Fsp3) is 0.562. The SMILES string of the molecule is CCOc1ccc(OC(=O)CN2CCC(C(C)O)C2)cc1. The lowest BCUT2D eigenvalue weighted by molar-refractivity contribution is -0.135. The molecule has 1 saturated heterocycles. The van der Waals surface area contributed by atoms with E-state index in [1.54, 1.807) is 31.2 Å². The van der Waals surface area contributed by atoms with Crippen molar-refractivity contribution in [3.05, 3.63) is 24.3 Å². The molecule has 1 heterocycles. The van der Waals surface area contributed by atoms with Crippen molar-refractivity contribution in [2.24, 2.45) is 5.92 Å². The highest BCUT2D eigenvalue weighted by Gasteiger charge is 2.27. The molecule has 0 spiro atoms. The first-order valence-electron chi connectivity index (χ1n) is 7.42. The summed E-state index contributed by atoms with van der Waals surface area (Å²) in [5, 5.41) is 9.55. The molecule has 0 amide bonds. The molecule has 0 aliphatic carbocycles. The Bertz CT molecular complexity index is 458. The van der Waals surface area contributed by atoms with Crippen LogP contribution in [0.15, 0.2) is 24.3 Å². The van der Waals surface area contributed by atoms with E-state index in [0.717, 1.165) is 25.3 Å². The summed E-state index contributed by atoms with van der Waals surface area (Å²) in [5.41, 5.74) is 0. The number of hydrogen-bond donors (Lipinski definition) is 1. The van der Waals surface area contributed by atoms with Crippen LogP contribution < -0.4 is 9.47 Å². The first-order valence-corrected chi connectivity index (χ1v) is 7.42. The van der Waals surface area contributed by atoms with E-state index in [1.807, 2.05) is 11.8 Å². The second-order valence-electron chi connectivity index (χ2n) is 5.40. The Morgan fingerprint density at radius 2 is 2.05 bits per heavy atom. The number of esters is 1. The standard InChI is InChI=1S/C16H23NO4/c1-3-20-14-4-6-15(7-5-14)21-16(19)11-17-9-8-13(10-17)12(2)18/h4-7,12-13,18H,3,8-11H2,1-2H3. The summed E-state index contributed by atoms with van der Waals surface area (Å²) in [7, 11) is 0. The Morgan fingerprint density at radius 1 is 1.38 bits per heavy atom. The quantitative estimate of drug-likeness (QED) is 0.639. The van der Waals surface area contributed by atoms with Crippen molar-refractivity contribution in [3.8, 4) is 11.5 Å². The van der Waals surface area contributed by atoms with Crippen molar-refractivity contribution in [1.82, 2.24) is 4.90 Å². The van der Waals surface area contributed by atoms with Crippen LogP contribution in [0.2, 0.25) is 0 Å². The molecular formula is C16H23NO4. The van der Waals surface area contributed by atoms with E-state index in [0.29, 0.717) is 12.4 Å². The Balaban J connectivity index is 1.79. The number of aliphatic hydroxyl groups excluding tert-OH is 1. The van der Waals surface area contributed by atoms with Crippen LogP contribution in [0.5, 0.6) is 11.5 Å². The third kappa shape index (κ3) is 4.72. The van der Waals surface area contributed by atoms with Crippen LogP contribution in [0.25, 0.3) is 0 Å². The molecule has 2 rings (SSSR count). The molecule has 2 atom stereocenters. The smallest absolute Gasteiger partial charge is 0.325 e. The summed E-state index contributed by atoms with van der Waals surface area (Å²) in [4.78, 5) is 13.9. The van der Waals surface area contributed by atoms with Gasteiger partial charge in [-0.25, -0.2) is 0 Å². The van der Waals surface area contributed by atoms with Crippen molar-refractivity contribution in [1.29, 1.82) is 0 Å². The molecular weight excluding hydrogens is 270 g/mol. The molecule has 1 aromatic rings. The third-order valence-electron chi connectivity index (χ3n) is 3.71. The van der Waals surface area contributed by atoms with Crippen LogP contribution >= 0.6 is 0 Å². The summed E-state index contributed by atoms with van der Waals surface area (Å²) in [6, 6.07) is 7.02. The zero-order chi connectivity index (χ0) is 15.2. The number of aliphatic hydroxyl groups is 1. The van der Waals surface area contributed by atoms with Crippen LogP contribution in [0, 0.1) is 5.92 Å². The monoisotopic (exact) mass is 293 g/mol. The van der Waals surface area contributed by atoms with Crippen LogP contribution in [-0.4, -0.2) is 48.3 Å². The highest BCUT2D eigenvalue weighted by Crippen LogP contribution is 2.20. The summed E-state index contributed by atoms with van der Waals surface area (Å²) in [6.45, 7) is 6.16. The third-order valence-corrected chi connectivity index (χ3v) is 3.71. The van der Waals surface area contributed by atoms with Gasteiger partial charge in [0, 0.05) is 6.54 Å². The Labute approximate surface area is 125 Å². The van der Waals surface area contributed by atoms with Crippen molar-refractivity contribution in [3.63, 3.8) is 0 Å². The molecule has 0 saturated carbocycles. The lowest BCUT2D eigenvalue weighted by atomic mass is 10.0. The van der Waals surface area contributed by atoms with E-state index in [1.165, 1.54) is 0 Å². The maximum absolute atomic E-state index is 11.9. The van der Waals surface area contributed by atoms with Crippen molar-refractivity contribution in [2.75, 3.05) is 26.2 Å². The van der Waals surface area contributed by atoms with E-state index >= 15 is 0 Å². The van der Waals surface area contributed by atoms with Gasteiger partial charge in [-0.05, 0) is 57.0 Å². The largest absolute Gasteiger partial charge is 0.494 e. The van der Waals surface area contributed by atoms with Crippen LogP contribution in [0.1, 0.15) is 20.3 Å². The molecule has 1 aliphatic heterocycles. The van der Waals surface area contributed by atoms with E-state index in [2.05, 4.69) is 0 Å². The highest BCUT2D eigenvalue weighted by molar-refractivity contribution is 5.74. The minimum absolute atomic E-state index is 0.253. The van der Waals surface area contributed by atoms with Gasteiger partial charge in [0.25, 0.3) is 0 Å². The van der Waals surface area contributed by atoms with Crippen LogP contribution in [0.4, 0.5) is 0 Å². The molecule has 5 nitrogen and oxygen atoms in total. The van der Waals surface area contributed by atoms with E-state index < -0.39 is 0 Å². The van der Waals surface area contributed by atoms with Gasteiger partial charge in [0.15, 0.2) is 0 Å².